The predicted molar refractivity (Wildman–Crippen MR) is 576 cm³/mol. The molecule has 0 amide bonds. The van der Waals surface area contributed by atoms with Crippen molar-refractivity contribution in [1.82, 2.24) is 0 Å². The Hall–Kier alpha value is -6.53. The largest absolute Gasteiger partial charge is 0.455 e. The molecule has 12 atom stereocenters. The number of fused-ring (bicyclic) bond motifs is 13. The third-order valence-electron chi connectivity index (χ3n) is 36.0. The topological polar surface area (TPSA) is 36.9 Å². The second kappa shape index (κ2) is 33.1. The van der Waals surface area contributed by atoms with Crippen LogP contribution in [0.15, 0.2) is 182 Å². The summed E-state index contributed by atoms with van der Waals surface area (Å²) in [6.07, 6.45) is 27.6. The van der Waals surface area contributed by atoms with E-state index < -0.39 is 75.3 Å². The number of rotatable bonds is 22. The number of benzene rings is 11. The highest BCUT2D eigenvalue weighted by atomic mass is 28.4. The standard InChI is InChI=1S/C118H147O4Si9/c1-123(2)119-127(11,12)114-68-85-37-43-93(55-99(85)62-108(114)88-39-27-76-24-31-80(76)48-88)110-64-100-54-92(109-63-98-53-91(42-36-86(98)69-115(109)128(13,14)120-125(6,7)8)107-65-101-56-94-51-83-34-35-84(83)52-95(94)59-104(101)71-113(107)124(3,4)5)44-38-87(100)70-116(110)130(17,18)122-131(19,20)118-73-106-61-97-60-105-72-117(129(15,16)121-126(9,10)46-45-74-21-22-75-23-30-79(75)47-74)111(89-40-28-77-25-32-81(77)49-89)66-102(105)57-96(97)58-103(106)67-112(118)90-41-29-78-26-33-82(78)50-90/h21-22,27-29,36-61,107-118H,23-26,30-35,62-73H2,1-20H3/b46-45+. The summed E-state index contributed by atoms with van der Waals surface area (Å²) < 4.78 is 31.6. The van der Waals surface area contributed by atoms with Gasteiger partial charge in [-0.15, -0.1) is 0 Å². The Balaban J connectivity index is 0.609. The van der Waals surface area contributed by atoms with Crippen molar-refractivity contribution >= 4 is 103 Å². The fraction of sp³-hybridized carbons (Fsp3) is 0.458. The molecular formula is C118H147O4Si9. The molecule has 11 aromatic carbocycles. The van der Waals surface area contributed by atoms with E-state index in [9.17, 15) is 0 Å². The molecule has 11 aliphatic rings. The van der Waals surface area contributed by atoms with E-state index in [4.69, 9.17) is 16.5 Å². The van der Waals surface area contributed by atoms with Gasteiger partial charge in [-0.05, 0) is 504 Å². The summed E-state index contributed by atoms with van der Waals surface area (Å²) in [5.41, 5.74) is 50.7. The van der Waals surface area contributed by atoms with Crippen LogP contribution in [0.5, 0.6) is 0 Å². The van der Waals surface area contributed by atoms with E-state index in [1.807, 2.05) is 0 Å². The second-order valence-corrected chi connectivity index (χ2v) is 87.4. The summed E-state index contributed by atoms with van der Waals surface area (Å²) >= 11 is 0. The summed E-state index contributed by atoms with van der Waals surface area (Å²) in [5, 5.41) is 5.78. The molecule has 0 N–H and O–H groups in total. The van der Waals surface area contributed by atoms with Crippen LogP contribution in [0.25, 0.3) is 27.6 Å². The lowest BCUT2D eigenvalue weighted by Crippen LogP contribution is -2.54. The minimum Gasteiger partial charge on any atom is -0.455 e. The first kappa shape index (κ1) is 89.7. The van der Waals surface area contributed by atoms with Crippen molar-refractivity contribution < 1.29 is 16.5 Å². The molecule has 131 heavy (non-hydrogen) atoms. The summed E-state index contributed by atoms with van der Waals surface area (Å²) in [7, 11) is -18.7. The molecular weight excluding hydrogens is 1730 g/mol. The molecule has 0 aliphatic heterocycles. The van der Waals surface area contributed by atoms with Crippen molar-refractivity contribution in [1.29, 1.82) is 0 Å². The molecule has 0 aromatic heterocycles. The van der Waals surface area contributed by atoms with Crippen LogP contribution in [-0.2, 0) is 158 Å². The van der Waals surface area contributed by atoms with Gasteiger partial charge in [-0.2, -0.15) is 0 Å². The van der Waals surface area contributed by atoms with Gasteiger partial charge in [0.25, 0.3) is 0 Å². The van der Waals surface area contributed by atoms with Gasteiger partial charge < -0.3 is 16.5 Å². The van der Waals surface area contributed by atoms with Crippen LogP contribution in [0, 0.1) is 0 Å². The average molecular weight is 1880 g/mol. The fourth-order valence-corrected chi connectivity index (χ4v) is 66.4. The maximum Gasteiger partial charge on any atom is 0.198 e. The highest BCUT2D eigenvalue weighted by molar-refractivity contribution is 6.89. The molecule has 22 rings (SSSR count). The van der Waals surface area contributed by atoms with Crippen LogP contribution < -0.4 is 0 Å². The third kappa shape index (κ3) is 17.1. The Labute approximate surface area is 796 Å². The van der Waals surface area contributed by atoms with Gasteiger partial charge in [0.15, 0.2) is 67.3 Å². The first-order valence-electron chi connectivity index (χ1n) is 51.5. The van der Waals surface area contributed by atoms with Gasteiger partial charge in [0.1, 0.15) is 0 Å². The Kier molecular flexibility index (Phi) is 22.7. The van der Waals surface area contributed by atoms with E-state index in [1.165, 1.54) is 109 Å². The van der Waals surface area contributed by atoms with Crippen molar-refractivity contribution in [2.75, 3.05) is 0 Å². The predicted octanol–water partition coefficient (Wildman–Crippen LogP) is 29.7. The van der Waals surface area contributed by atoms with Gasteiger partial charge in [-0.1, -0.05) is 207 Å². The first-order valence-corrected chi connectivity index (χ1v) is 78.8. The normalized spacial score (nSPS) is 24.4. The minimum atomic E-state index is -2.65. The Morgan fingerprint density at radius 3 is 0.763 bits per heavy atom. The summed E-state index contributed by atoms with van der Waals surface area (Å²) in [4.78, 5) is 0. The Morgan fingerprint density at radius 1 is 0.229 bits per heavy atom. The smallest absolute Gasteiger partial charge is 0.198 e. The molecule has 0 heterocycles. The van der Waals surface area contributed by atoms with E-state index in [0.29, 0.717) is 68.8 Å². The maximum absolute atomic E-state index is 8.78. The summed E-state index contributed by atoms with van der Waals surface area (Å²) in [6.45, 7) is 51.4. The molecule has 0 saturated carbocycles. The van der Waals surface area contributed by atoms with Gasteiger partial charge in [0.2, 0.25) is 0 Å². The molecule has 0 bridgehead atoms. The van der Waals surface area contributed by atoms with Crippen LogP contribution >= 0.6 is 0 Å². The van der Waals surface area contributed by atoms with Crippen LogP contribution in [0.3, 0.4) is 0 Å². The quantitative estimate of drug-likeness (QED) is 0.0634. The molecule has 11 aliphatic carbocycles. The molecule has 0 fully saturated rings. The average Bonchev–Trinajstić information content (AvgIpc) is 0.746. The second-order valence-electron chi connectivity index (χ2n) is 49.4. The molecule has 0 saturated heterocycles. The molecule has 0 spiro atoms. The van der Waals surface area contributed by atoms with E-state index in [1.54, 1.807) is 145 Å². The van der Waals surface area contributed by atoms with Gasteiger partial charge >= 0.3 is 0 Å². The van der Waals surface area contributed by atoms with Gasteiger partial charge in [0.05, 0.1) is 0 Å². The van der Waals surface area contributed by atoms with Crippen molar-refractivity contribution in [3.63, 3.8) is 0 Å². The van der Waals surface area contributed by atoms with Crippen LogP contribution in [0.1, 0.15) is 197 Å². The van der Waals surface area contributed by atoms with Crippen molar-refractivity contribution in [3.05, 3.63) is 343 Å². The maximum atomic E-state index is 8.78. The zero-order valence-electron chi connectivity index (χ0n) is 83.0. The molecule has 11 aromatic rings. The van der Waals surface area contributed by atoms with E-state index >= 15 is 0 Å². The van der Waals surface area contributed by atoms with Gasteiger partial charge in [0, 0.05) is 8.07 Å². The zero-order valence-corrected chi connectivity index (χ0v) is 92.0. The van der Waals surface area contributed by atoms with Crippen molar-refractivity contribution in [2.45, 2.75) is 341 Å². The van der Waals surface area contributed by atoms with Crippen molar-refractivity contribution in [2.24, 2.45) is 0 Å². The highest BCUT2D eigenvalue weighted by Crippen LogP contribution is 2.59. The van der Waals surface area contributed by atoms with E-state index in [2.05, 4.69) is 319 Å². The molecule has 13 heteroatoms. The lowest BCUT2D eigenvalue weighted by atomic mass is 9.73. The number of hydrogen-bond acceptors (Lipinski definition) is 4. The minimum absolute atomic E-state index is 0.315. The van der Waals surface area contributed by atoms with Crippen molar-refractivity contribution in [3.8, 4) is 0 Å². The summed E-state index contributed by atoms with van der Waals surface area (Å²) in [6, 6.07) is 75.6. The lowest BCUT2D eigenvalue weighted by molar-refractivity contribution is 0.432. The number of aryl methyl sites for hydroxylation is 10. The zero-order chi connectivity index (χ0) is 90.9. The Morgan fingerprint density at radius 2 is 0.466 bits per heavy atom. The fourth-order valence-electron chi connectivity index (χ4n) is 28.8. The molecule has 12 unspecified atom stereocenters. The third-order valence-corrected chi connectivity index (χ3v) is 68.5. The van der Waals surface area contributed by atoms with Crippen LogP contribution in [-0.4, -0.2) is 75.3 Å². The Bertz CT molecular complexity index is 6470. The highest BCUT2D eigenvalue weighted by Gasteiger charge is 2.54. The van der Waals surface area contributed by atoms with E-state index in [0.717, 1.165) is 70.6 Å². The molecule has 1 radical (unpaired) electrons. The first-order chi connectivity index (χ1) is 62.2. The summed E-state index contributed by atoms with van der Waals surface area (Å²) in [5.74, 6) is 2.45. The van der Waals surface area contributed by atoms with Gasteiger partial charge in [-0.25, -0.2) is 0 Å². The lowest BCUT2D eigenvalue weighted by Gasteiger charge is -2.50. The molecule has 4 nitrogen and oxygen atoms in total. The SMILES string of the molecule is C[Si](C)O[Si](C)(C)C1Cc2ccc(C3Cc4cc(C5Cc6cc(C7Cc8cc9cc%10c(cc9cc8CC7[Si](C)(C)C)CC%10)ccc6CC5[Si](C)(C)O[Si](C)(C)C)ccc4CC3[Si](C)(C)O[Si](C)(C)C3Cc4cc5cc6c(cc5cc4CC3c3ccc4c(c3)CC4)CC(c3ccc4c(c3)CC4)C([Si](C)(C)O[Si](C)(C)/C=C/c3ccc4c(c3)CC4)C6)cc2CC1c1ccc2c(c1)CC2. The monoisotopic (exact) mass is 1880 g/mol. The molecule has 679 valence electrons. The van der Waals surface area contributed by atoms with E-state index in [-0.39, 0.29) is 0 Å². The van der Waals surface area contributed by atoms with Crippen LogP contribution in [0.4, 0.5) is 0 Å². The van der Waals surface area contributed by atoms with Crippen LogP contribution in [0.2, 0.25) is 164 Å². The number of hydrogen-bond donors (Lipinski definition) is 0. The van der Waals surface area contributed by atoms with Gasteiger partial charge in [-0.3, -0.25) is 0 Å².